The predicted molar refractivity (Wildman–Crippen MR) is 157 cm³/mol. The Morgan fingerprint density at radius 3 is 2.71 bits per heavy atom. The van der Waals surface area contributed by atoms with Crippen molar-refractivity contribution in [2.45, 2.75) is 50.9 Å². The number of halogens is 1. The lowest BCUT2D eigenvalue weighted by Gasteiger charge is -2.33. The summed E-state index contributed by atoms with van der Waals surface area (Å²) >= 11 is 6.50. The molecule has 0 bridgehead atoms. The van der Waals surface area contributed by atoms with Crippen LogP contribution >= 0.6 is 11.6 Å². The summed E-state index contributed by atoms with van der Waals surface area (Å²) in [6.45, 7) is 3.08. The highest BCUT2D eigenvalue weighted by atomic mass is 35.5. The Hall–Kier alpha value is -3.53. The molecule has 5 rings (SSSR count). The smallest absolute Gasteiger partial charge is 0.332 e. The molecule has 0 unspecified atom stereocenters. The number of amides is 1. The molecular formula is C32H37ClN2O7. The molecule has 9 nitrogen and oxygen atoms in total. The lowest BCUT2D eigenvalue weighted by molar-refractivity contribution is -0.152. The van der Waals surface area contributed by atoms with Crippen molar-refractivity contribution in [1.29, 1.82) is 0 Å². The first-order valence-electron chi connectivity index (χ1n) is 14.3. The molecule has 224 valence electrons. The topological polar surface area (TPSA) is 88.5 Å². The van der Waals surface area contributed by atoms with E-state index in [9.17, 15) is 9.59 Å². The maximum absolute atomic E-state index is 13.4. The molecule has 10 heteroatoms. The highest BCUT2D eigenvalue weighted by Gasteiger charge is 2.34. The van der Waals surface area contributed by atoms with Gasteiger partial charge in [0.05, 0.1) is 44.4 Å². The molecule has 0 saturated carbocycles. The Balaban J connectivity index is 1.37. The summed E-state index contributed by atoms with van der Waals surface area (Å²) in [5, 5.41) is 0.594. The number of hydrogen-bond donors (Lipinski definition) is 0. The van der Waals surface area contributed by atoms with E-state index >= 15 is 0 Å². The fourth-order valence-electron chi connectivity index (χ4n) is 5.82. The van der Waals surface area contributed by atoms with Gasteiger partial charge in [-0.1, -0.05) is 23.7 Å². The minimum atomic E-state index is -0.528. The minimum absolute atomic E-state index is 0.0291. The Morgan fingerprint density at radius 1 is 1.07 bits per heavy atom. The van der Waals surface area contributed by atoms with Gasteiger partial charge in [-0.2, -0.15) is 0 Å². The summed E-state index contributed by atoms with van der Waals surface area (Å²) in [6.07, 6.45) is 3.27. The van der Waals surface area contributed by atoms with Crippen LogP contribution in [0, 0.1) is 0 Å². The standard InChI is InChI=1S/C32H37ClN2O7/c1-4-40-30(37)20-41-22-8-6-16-34(19-22)29(36)15-14-27-26-10-7-17-35(26)25-13-12-21(33)18-24(25)31(42-27)23-9-5-11-28(38-2)32(23)39-3/h5,7,9-13,17-18,22,27,31H,4,6,8,14-16,19-20H2,1-3H3/t22-,27-,31-/m1/s1. The summed E-state index contributed by atoms with van der Waals surface area (Å²) in [6, 6.07) is 15.5. The van der Waals surface area contributed by atoms with Gasteiger partial charge in [-0.25, -0.2) is 4.79 Å². The van der Waals surface area contributed by atoms with E-state index in [2.05, 4.69) is 4.57 Å². The molecule has 42 heavy (non-hydrogen) atoms. The van der Waals surface area contributed by atoms with Crippen molar-refractivity contribution in [1.82, 2.24) is 9.47 Å². The molecule has 1 amide bonds. The quantitative estimate of drug-likeness (QED) is 0.279. The lowest BCUT2D eigenvalue weighted by atomic mass is 9.98. The van der Waals surface area contributed by atoms with Gasteiger partial charge in [0.25, 0.3) is 0 Å². The number of fused-ring (bicyclic) bond motifs is 3. The van der Waals surface area contributed by atoms with Gasteiger partial charge < -0.3 is 33.2 Å². The van der Waals surface area contributed by atoms with Crippen molar-refractivity contribution in [2.75, 3.05) is 40.5 Å². The summed E-state index contributed by atoms with van der Waals surface area (Å²) in [7, 11) is 3.21. The lowest BCUT2D eigenvalue weighted by Crippen LogP contribution is -2.43. The summed E-state index contributed by atoms with van der Waals surface area (Å²) in [5.41, 5.74) is 3.59. The SMILES string of the molecule is CCOC(=O)CO[C@@H]1CCCN(C(=O)CC[C@H]2O[C@H](c3cccc(OC)c3OC)c3cc(Cl)ccc3-n3cccc32)C1. The molecule has 0 aliphatic carbocycles. The normalized spacial score (nSPS) is 19.8. The van der Waals surface area contributed by atoms with Gasteiger partial charge in [0.1, 0.15) is 12.7 Å². The van der Waals surface area contributed by atoms with Crippen LogP contribution in [0.2, 0.25) is 5.02 Å². The number of carbonyl (C=O) groups excluding carboxylic acids is 2. The van der Waals surface area contributed by atoms with E-state index in [0.717, 1.165) is 35.3 Å². The number of ether oxygens (including phenoxy) is 5. The molecule has 2 aliphatic rings. The number of para-hydroxylation sites is 1. The van der Waals surface area contributed by atoms with Crippen LogP contribution in [0.1, 0.15) is 61.6 Å². The molecule has 0 spiro atoms. The second kappa shape index (κ2) is 13.6. The fourth-order valence-corrected chi connectivity index (χ4v) is 6.00. The van der Waals surface area contributed by atoms with Crippen molar-refractivity contribution in [3.63, 3.8) is 0 Å². The Labute approximate surface area is 251 Å². The third-order valence-corrected chi connectivity index (χ3v) is 7.99. The summed E-state index contributed by atoms with van der Waals surface area (Å²) in [4.78, 5) is 27.0. The van der Waals surface area contributed by atoms with Gasteiger partial charge in [-0.3, -0.25) is 4.79 Å². The molecular weight excluding hydrogens is 560 g/mol. The van der Waals surface area contributed by atoms with Crippen LogP contribution < -0.4 is 9.47 Å². The molecule has 2 aliphatic heterocycles. The number of benzene rings is 2. The van der Waals surface area contributed by atoms with Crippen molar-refractivity contribution >= 4 is 23.5 Å². The van der Waals surface area contributed by atoms with Crippen LogP contribution in [0.4, 0.5) is 0 Å². The van der Waals surface area contributed by atoms with Crippen LogP contribution in [0.15, 0.2) is 54.7 Å². The van der Waals surface area contributed by atoms with Crippen LogP contribution in [0.5, 0.6) is 11.5 Å². The molecule has 3 heterocycles. The number of methoxy groups -OCH3 is 2. The second-order valence-electron chi connectivity index (χ2n) is 10.4. The van der Waals surface area contributed by atoms with E-state index < -0.39 is 12.2 Å². The average molecular weight is 597 g/mol. The number of nitrogens with zero attached hydrogens (tertiary/aromatic N) is 2. The number of esters is 1. The first-order chi connectivity index (χ1) is 20.4. The molecule has 2 aromatic carbocycles. The van der Waals surface area contributed by atoms with E-state index in [1.54, 1.807) is 21.1 Å². The Kier molecular flexibility index (Phi) is 9.72. The van der Waals surface area contributed by atoms with E-state index in [-0.39, 0.29) is 24.6 Å². The van der Waals surface area contributed by atoms with E-state index in [1.165, 1.54) is 0 Å². The van der Waals surface area contributed by atoms with Crippen LogP contribution in [-0.2, 0) is 23.8 Å². The number of aromatic nitrogens is 1. The maximum atomic E-state index is 13.4. The number of likely N-dealkylation sites (tertiary alicyclic amines) is 1. The van der Waals surface area contributed by atoms with Gasteiger partial charge in [0.2, 0.25) is 5.91 Å². The van der Waals surface area contributed by atoms with E-state index in [1.807, 2.05) is 59.6 Å². The molecule has 3 atom stereocenters. The van der Waals surface area contributed by atoms with Gasteiger partial charge in [-0.05, 0) is 62.6 Å². The van der Waals surface area contributed by atoms with E-state index in [4.69, 9.17) is 35.3 Å². The zero-order chi connectivity index (χ0) is 29.6. The number of piperidine rings is 1. The molecule has 1 aromatic heterocycles. The molecule has 0 N–H and O–H groups in total. The minimum Gasteiger partial charge on any atom is -0.493 e. The van der Waals surface area contributed by atoms with Crippen LogP contribution in [-0.4, -0.2) is 68.0 Å². The average Bonchev–Trinajstić information content (AvgIpc) is 3.45. The Morgan fingerprint density at radius 2 is 1.93 bits per heavy atom. The van der Waals surface area contributed by atoms with Gasteiger partial charge in [0, 0.05) is 41.9 Å². The maximum Gasteiger partial charge on any atom is 0.332 e. The highest BCUT2D eigenvalue weighted by Crippen LogP contribution is 2.46. The monoisotopic (exact) mass is 596 g/mol. The zero-order valence-electron chi connectivity index (χ0n) is 24.2. The third kappa shape index (κ3) is 6.43. The molecule has 0 radical (unpaired) electrons. The van der Waals surface area contributed by atoms with Crippen molar-refractivity contribution in [3.8, 4) is 17.2 Å². The first kappa shape index (κ1) is 29.9. The summed E-state index contributed by atoms with van der Waals surface area (Å²) < 4.78 is 31.1. The van der Waals surface area contributed by atoms with E-state index in [0.29, 0.717) is 49.1 Å². The Bertz CT molecular complexity index is 1410. The number of hydrogen-bond acceptors (Lipinski definition) is 7. The van der Waals surface area contributed by atoms with Crippen molar-refractivity contribution in [3.05, 3.63) is 76.6 Å². The third-order valence-electron chi connectivity index (χ3n) is 7.75. The highest BCUT2D eigenvalue weighted by molar-refractivity contribution is 6.30. The van der Waals surface area contributed by atoms with Gasteiger partial charge >= 0.3 is 5.97 Å². The van der Waals surface area contributed by atoms with Crippen molar-refractivity contribution in [2.24, 2.45) is 0 Å². The zero-order valence-corrected chi connectivity index (χ0v) is 25.0. The molecule has 1 saturated heterocycles. The van der Waals surface area contributed by atoms with Gasteiger partial charge in [0.15, 0.2) is 11.5 Å². The first-order valence-corrected chi connectivity index (χ1v) is 14.7. The van der Waals surface area contributed by atoms with Crippen LogP contribution in [0.25, 0.3) is 5.69 Å². The molecule has 3 aromatic rings. The predicted octanol–water partition coefficient (Wildman–Crippen LogP) is 5.66. The molecule has 1 fully saturated rings. The summed E-state index contributed by atoms with van der Waals surface area (Å²) in [5.74, 6) is 0.822. The largest absolute Gasteiger partial charge is 0.493 e. The van der Waals surface area contributed by atoms with Gasteiger partial charge in [-0.15, -0.1) is 0 Å². The van der Waals surface area contributed by atoms with Crippen LogP contribution in [0.3, 0.4) is 0 Å². The number of rotatable bonds is 10. The second-order valence-corrected chi connectivity index (χ2v) is 10.8. The number of carbonyl (C=O) groups is 2. The van der Waals surface area contributed by atoms with Crippen molar-refractivity contribution < 1.29 is 33.3 Å². The fraction of sp³-hybridized carbons (Fsp3) is 0.438.